The number of benzene rings is 2. The van der Waals surface area contributed by atoms with E-state index in [9.17, 15) is 4.79 Å². The molecule has 5 heteroatoms. The zero-order valence-electron chi connectivity index (χ0n) is 13.9. The first kappa shape index (κ1) is 16.2. The topological polar surface area (TPSA) is 56.8 Å². The Balaban J connectivity index is 1.68. The summed E-state index contributed by atoms with van der Waals surface area (Å²) in [4.78, 5) is 12.6. The Morgan fingerprint density at radius 3 is 2.75 bits per heavy atom. The number of carbonyl (C=O) groups is 1. The third-order valence-electron chi connectivity index (χ3n) is 4.19. The molecule has 24 heavy (non-hydrogen) atoms. The van der Waals surface area contributed by atoms with E-state index in [4.69, 9.17) is 14.2 Å². The maximum Gasteiger partial charge on any atom is 0.228 e. The van der Waals surface area contributed by atoms with Crippen LogP contribution in [0.2, 0.25) is 0 Å². The van der Waals surface area contributed by atoms with Crippen LogP contribution in [0.15, 0.2) is 42.5 Å². The molecule has 1 unspecified atom stereocenters. The molecule has 5 nitrogen and oxygen atoms in total. The molecule has 0 bridgehead atoms. The van der Waals surface area contributed by atoms with Gasteiger partial charge in [-0.3, -0.25) is 4.79 Å². The minimum absolute atomic E-state index is 0.0144. The fourth-order valence-electron chi connectivity index (χ4n) is 2.92. The van der Waals surface area contributed by atoms with Gasteiger partial charge >= 0.3 is 0 Å². The van der Waals surface area contributed by atoms with Gasteiger partial charge in [0.2, 0.25) is 5.91 Å². The van der Waals surface area contributed by atoms with Crippen molar-refractivity contribution in [3.05, 3.63) is 53.6 Å². The largest absolute Gasteiger partial charge is 0.493 e. The zero-order chi connectivity index (χ0) is 16.9. The quantitative estimate of drug-likeness (QED) is 0.917. The van der Waals surface area contributed by atoms with Crippen molar-refractivity contribution in [2.24, 2.45) is 0 Å². The second-order valence-corrected chi connectivity index (χ2v) is 5.63. The van der Waals surface area contributed by atoms with E-state index in [1.54, 1.807) is 14.2 Å². The normalized spacial score (nSPS) is 15.8. The lowest BCUT2D eigenvalue weighted by Crippen LogP contribution is -2.32. The van der Waals surface area contributed by atoms with Crippen LogP contribution >= 0.6 is 0 Å². The van der Waals surface area contributed by atoms with Gasteiger partial charge < -0.3 is 19.5 Å². The number of hydrogen-bond donors (Lipinski definition) is 1. The Kier molecular flexibility index (Phi) is 4.89. The first-order chi connectivity index (χ1) is 11.7. The number of carbonyl (C=O) groups excluding carboxylic acids is 1. The van der Waals surface area contributed by atoms with Gasteiger partial charge in [0, 0.05) is 12.1 Å². The van der Waals surface area contributed by atoms with Gasteiger partial charge in [0.1, 0.15) is 5.75 Å². The maximum absolute atomic E-state index is 12.6. The highest BCUT2D eigenvalue weighted by Crippen LogP contribution is 2.33. The Morgan fingerprint density at radius 1 is 1.17 bits per heavy atom. The fourth-order valence-corrected chi connectivity index (χ4v) is 2.92. The molecule has 126 valence electrons. The second kappa shape index (κ2) is 7.25. The Labute approximate surface area is 141 Å². The van der Waals surface area contributed by atoms with Gasteiger partial charge in [0.05, 0.1) is 26.7 Å². The smallest absolute Gasteiger partial charge is 0.228 e. The molecule has 2 aromatic carbocycles. The van der Waals surface area contributed by atoms with E-state index in [2.05, 4.69) is 5.32 Å². The van der Waals surface area contributed by atoms with Crippen LogP contribution < -0.4 is 19.5 Å². The first-order valence-electron chi connectivity index (χ1n) is 7.93. The van der Waals surface area contributed by atoms with Gasteiger partial charge in [-0.15, -0.1) is 0 Å². The molecule has 1 aliphatic heterocycles. The minimum atomic E-state index is -0.171. The minimum Gasteiger partial charge on any atom is -0.493 e. The number of nitrogens with one attached hydrogen (secondary N) is 1. The van der Waals surface area contributed by atoms with Crippen molar-refractivity contribution < 1.29 is 19.0 Å². The molecule has 1 aliphatic rings. The monoisotopic (exact) mass is 327 g/mol. The van der Waals surface area contributed by atoms with Crippen LogP contribution in [0.5, 0.6) is 17.2 Å². The van der Waals surface area contributed by atoms with E-state index in [-0.39, 0.29) is 11.8 Å². The van der Waals surface area contributed by atoms with E-state index in [1.807, 2.05) is 42.5 Å². The third-order valence-corrected chi connectivity index (χ3v) is 4.19. The summed E-state index contributed by atoms with van der Waals surface area (Å²) in [6.07, 6.45) is 0.689. The van der Waals surface area contributed by atoms with Crippen molar-refractivity contribution in [2.45, 2.75) is 18.9 Å². The highest BCUT2D eigenvalue weighted by molar-refractivity contribution is 5.84. The number of para-hydroxylation sites is 1. The predicted octanol–water partition coefficient (Wildman–Crippen LogP) is 2.89. The van der Waals surface area contributed by atoms with Crippen LogP contribution in [-0.2, 0) is 11.3 Å². The summed E-state index contributed by atoms with van der Waals surface area (Å²) in [6.45, 7) is 1.00. The van der Waals surface area contributed by atoms with Gasteiger partial charge in [0.15, 0.2) is 11.5 Å². The summed E-state index contributed by atoms with van der Waals surface area (Å²) in [5.41, 5.74) is 1.91. The molecule has 0 aromatic heterocycles. The average molecular weight is 327 g/mol. The van der Waals surface area contributed by atoms with E-state index in [0.29, 0.717) is 31.1 Å². The summed E-state index contributed by atoms with van der Waals surface area (Å²) in [5, 5.41) is 3.01. The molecule has 0 saturated heterocycles. The number of fused-ring (bicyclic) bond motifs is 1. The van der Waals surface area contributed by atoms with Gasteiger partial charge in [-0.1, -0.05) is 24.3 Å². The molecular formula is C19H21NO4. The van der Waals surface area contributed by atoms with Gasteiger partial charge in [-0.2, -0.15) is 0 Å². The molecule has 3 rings (SSSR count). The number of amides is 1. The molecule has 0 saturated carbocycles. The summed E-state index contributed by atoms with van der Waals surface area (Å²) < 4.78 is 16.1. The lowest BCUT2D eigenvalue weighted by Gasteiger charge is -2.25. The van der Waals surface area contributed by atoms with Crippen LogP contribution in [0.4, 0.5) is 0 Å². The van der Waals surface area contributed by atoms with Gasteiger partial charge in [0.25, 0.3) is 0 Å². The molecule has 0 fully saturated rings. The van der Waals surface area contributed by atoms with Crippen LogP contribution in [0.1, 0.15) is 23.5 Å². The lowest BCUT2D eigenvalue weighted by molar-refractivity contribution is -0.123. The Morgan fingerprint density at radius 2 is 1.96 bits per heavy atom. The lowest BCUT2D eigenvalue weighted by atomic mass is 9.92. The van der Waals surface area contributed by atoms with E-state index >= 15 is 0 Å². The van der Waals surface area contributed by atoms with Crippen molar-refractivity contribution in [1.82, 2.24) is 5.32 Å². The molecule has 1 amide bonds. The van der Waals surface area contributed by atoms with Gasteiger partial charge in [-0.25, -0.2) is 0 Å². The van der Waals surface area contributed by atoms with Crippen molar-refractivity contribution >= 4 is 5.91 Å². The summed E-state index contributed by atoms with van der Waals surface area (Å²) in [5.74, 6) is 1.97. The van der Waals surface area contributed by atoms with Crippen LogP contribution in [0.25, 0.3) is 0 Å². The van der Waals surface area contributed by atoms with E-state index in [0.717, 1.165) is 16.9 Å². The first-order valence-corrected chi connectivity index (χ1v) is 7.93. The molecule has 0 radical (unpaired) electrons. The summed E-state index contributed by atoms with van der Waals surface area (Å²) in [6, 6.07) is 13.3. The van der Waals surface area contributed by atoms with Crippen molar-refractivity contribution in [3.8, 4) is 17.2 Å². The van der Waals surface area contributed by atoms with Crippen molar-refractivity contribution in [1.29, 1.82) is 0 Å². The zero-order valence-corrected chi connectivity index (χ0v) is 13.9. The molecule has 1 atom stereocenters. The standard InChI is InChI=1S/C19H21NO4/c1-22-17-8-7-13(11-18(17)23-2)12-20-19(21)15-9-10-24-16-6-4-3-5-14(15)16/h3-8,11,15H,9-10,12H2,1-2H3,(H,20,21). The summed E-state index contributed by atoms with van der Waals surface area (Å²) >= 11 is 0. The summed E-state index contributed by atoms with van der Waals surface area (Å²) in [7, 11) is 3.20. The highest BCUT2D eigenvalue weighted by atomic mass is 16.5. The number of methoxy groups -OCH3 is 2. The van der Waals surface area contributed by atoms with Crippen LogP contribution in [-0.4, -0.2) is 26.7 Å². The fraction of sp³-hybridized carbons (Fsp3) is 0.316. The molecule has 2 aromatic rings. The van der Waals surface area contributed by atoms with E-state index < -0.39 is 0 Å². The average Bonchev–Trinajstić information content (AvgIpc) is 2.65. The Hall–Kier alpha value is -2.69. The maximum atomic E-state index is 12.6. The molecular weight excluding hydrogens is 306 g/mol. The van der Waals surface area contributed by atoms with Crippen molar-refractivity contribution in [2.75, 3.05) is 20.8 Å². The highest BCUT2D eigenvalue weighted by Gasteiger charge is 2.27. The molecule has 1 heterocycles. The Bertz CT molecular complexity index is 729. The second-order valence-electron chi connectivity index (χ2n) is 5.63. The van der Waals surface area contributed by atoms with Crippen LogP contribution in [0.3, 0.4) is 0 Å². The third kappa shape index (κ3) is 3.30. The SMILES string of the molecule is COc1ccc(CNC(=O)C2CCOc3ccccc32)cc1OC. The number of ether oxygens (including phenoxy) is 3. The predicted molar refractivity (Wildman–Crippen MR) is 90.7 cm³/mol. The van der Waals surface area contributed by atoms with Gasteiger partial charge in [-0.05, 0) is 30.2 Å². The number of rotatable bonds is 5. The molecule has 0 aliphatic carbocycles. The number of hydrogen-bond acceptors (Lipinski definition) is 4. The molecule has 1 N–H and O–H groups in total. The van der Waals surface area contributed by atoms with E-state index in [1.165, 1.54) is 0 Å². The van der Waals surface area contributed by atoms with Crippen LogP contribution in [0, 0.1) is 0 Å². The molecule has 0 spiro atoms. The van der Waals surface area contributed by atoms with Crippen molar-refractivity contribution in [3.63, 3.8) is 0 Å².